The van der Waals surface area contributed by atoms with Crippen LogP contribution in [-0.4, -0.2) is 84.7 Å². The van der Waals surface area contributed by atoms with Crippen molar-refractivity contribution in [2.75, 3.05) is 32.8 Å². The smallest absolute Gasteiger partial charge is 0.326 e. The number of morpholine rings is 1. The number of aliphatic carboxylic acids is 1. The van der Waals surface area contributed by atoms with E-state index in [0.717, 1.165) is 11.1 Å². The van der Waals surface area contributed by atoms with E-state index in [2.05, 4.69) is 16.0 Å². The third-order valence-electron chi connectivity index (χ3n) is 6.92. The van der Waals surface area contributed by atoms with Crippen LogP contribution in [0.5, 0.6) is 0 Å². The summed E-state index contributed by atoms with van der Waals surface area (Å²) >= 11 is 0. The molecule has 3 atom stereocenters. The fourth-order valence-electron chi connectivity index (χ4n) is 4.72. The minimum Gasteiger partial charge on any atom is -0.480 e. The van der Waals surface area contributed by atoms with Gasteiger partial charge in [0.25, 0.3) is 0 Å². The molecule has 0 aliphatic carbocycles. The summed E-state index contributed by atoms with van der Waals surface area (Å²) in [5.41, 5.74) is 1.79. The van der Waals surface area contributed by atoms with Crippen molar-refractivity contribution < 1.29 is 29.0 Å². The van der Waals surface area contributed by atoms with Crippen LogP contribution in [0.15, 0.2) is 60.7 Å². The Labute approximate surface area is 241 Å². The van der Waals surface area contributed by atoms with Gasteiger partial charge in [-0.05, 0) is 36.3 Å². The number of hydrogen-bond acceptors (Lipinski definition) is 6. The number of rotatable bonds is 15. The van der Waals surface area contributed by atoms with Crippen LogP contribution in [0.25, 0.3) is 0 Å². The van der Waals surface area contributed by atoms with E-state index in [-0.39, 0.29) is 24.8 Å². The zero-order valence-corrected chi connectivity index (χ0v) is 23.9. The van der Waals surface area contributed by atoms with Gasteiger partial charge in [0, 0.05) is 19.5 Å². The Balaban J connectivity index is 1.70. The second-order valence-corrected chi connectivity index (χ2v) is 10.8. The van der Waals surface area contributed by atoms with Gasteiger partial charge in [0.05, 0.1) is 19.8 Å². The molecule has 1 aliphatic heterocycles. The van der Waals surface area contributed by atoms with Crippen molar-refractivity contribution in [2.45, 2.75) is 57.7 Å². The molecule has 2 aromatic carbocycles. The van der Waals surface area contributed by atoms with E-state index in [1.165, 1.54) is 0 Å². The first-order valence-corrected chi connectivity index (χ1v) is 14.2. The van der Waals surface area contributed by atoms with Crippen LogP contribution in [-0.2, 0) is 36.8 Å². The maximum Gasteiger partial charge on any atom is 0.326 e. The number of carboxylic acid groups (broad SMARTS) is 1. The Morgan fingerprint density at radius 3 is 1.95 bits per heavy atom. The molecule has 10 heteroatoms. The summed E-state index contributed by atoms with van der Waals surface area (Å²) in [6.45, 7) is 6.37. The first-order chi connectivity index (χ1) is 19.7. The third-order valence-corrected chi connectivity index (χ3v) is 6.92. The van der Waals surface area contributed by atoms with Crippen LogP contribution < -0.4 is 16.0 Å². The molecule has 1 fully saturated rings. The highest BCUT2D eigenvalue weighted by molar-refractivity contribution is 5.93. The monoisotopic (exact) mass is 566 g/mol. The molecule has 0 unspecified atom stereocenters. The fraction of sp³-hybridized carbons (Fsp3) is 0.484. The van der Waals surface area contributed by atoms with Crippen LogP contribution in [0.3, 0.4) is 0 Å². The van der Waals surface area contributed by atoms with Gasteiger partial charge >= 0.3 is 5.97 Å². The number of carbonyl (C=O) groups excluding carboxylic acids is 3. The summed E-state index contributed by atoms with van der Waals surface area (Å²) in [5.74, 6) is -2.45. The number of hydrogen-bond donors (Lipinski definition) is 4. The van der Waals surface area contributed by atoms with Crippen LogP contribution in [0.1, 0.15) is 37.8 Å². The molecule has 3 rings (SSSR count). The molecule has 0 bridgehead atoms. The number of carbonyl (C=O) groups is 4. The van der Waals surface area contributed by atoms with Gasteiger partial charge in [-0.3, -0.25) is 19.3 Å². The number of carboxylic acids is 1. The maximum atomic E-state index is 13.5. The molecule has 1 saturated heterocycles. The average Bonchev–Trinajstić information content (AvgIpc) is 2.95. The van der Waals surface area contributed by atoms with Gasteiger partial charge in [0.1, 0.15) is 18.1 Å². The zero-order chi connectivity index (χ0) is 29.6. The minimum absolute atomic E-state index is 0.0436. The number of nitrogens with zero attached hydrogens (tertiary/aromatic N) is 1. The summed E-state index contributed by atoms with van der Waals surface area (Å²) in [6.07, 6.45) is 1.31. The van der Waals surface area contributed by atoms with Crippen LogP contribution in [0.4, 0.5) is 0 Å². The molecule has 3 amide bonds. The molecule has 1 aliphatic rings. The van der Waals surface area contributed by atoms with Gasteiger partial charge in [0.2, 0.25) is 17.7 Å². The van der Waals surface area contributed by atoms with E-state index >= 15 is 0 Å². The van der Waals surface area contributed by atoms with E-state index in [1.54, 1.807) is 24.3 Å². The lowest BCUT2D eigenvalue weighted by molar-refractivity contribution is -0.142. The third kappa shape index (κ3) is 11.3. The maximum absolute atomic E-state index is 13.5. The molecule has 10 nitrogen and oxygen atoms in total. The van der Waals surface area contributed by atoms with Gasteiger partial charge in [-0.15, -0.1) is 0 Å². The normalized spacial score (nSPS) is 15.9. The molecular formula is C31H42N4O6. The highest BCUT2D eigenvalue weighted by Gasteiger charge is 2.30. The predicted octanol–water partition coefficient (Wildman–Crippen LogP) is 1.78. The second kappa shape index (κ2) is 16.5. The van der Waals surface area contributed by atoms with Crippen LogP contribution in [0, 0.1) is 5.92 Å². The van der Waals surface area contributed by atoms with E-state index in [1.807, 2.05) is 55.1 Å². The number of amides is 3. The molecule has 0 spiro atoms. The molecule has 4 N–H and O–H groups in total. The number of aryl methyl sites for hydroxylation is 1. The summed E-state index contributed by atoms with van der Waals surface area (Å²) in [6, 6.07) is 15.7. The minimum atomic E-state index is -1.16. The second-order valence-electron chi connectivity index (χ2n) is 10.8. The van der Waals surface area contributed by atoms with Crippen molar-refractivity contribution in [3.63, 3.8) is 0 Å². The van der Waals surface area contributed by atoms with Gasteiger partial charge in [0.15, 0.2) is 0 Å². The molecule has 41 heavy (non-hydrogen) atoms. The summed E-state index contributed by atoms with van der Waals surface area (Å²) in [4.78, 5) is 53.7. The predicted molar refractivity (Wildman–Crippen MR) is 155 cm³/mol. The van der Waals surface area contributed by atoms with Crippen LogP contribution >= 0.6 is 0 Å². The topological polar surface area (TPSA) is 137 Å². The van der Waals surface area contributed by atoms with Gasteiger partial charge in [-0.2, -0.15) is 0 Å². The van der Waals surface area contributed by atoms with Crippen molar-refractivity contribution in [1.82, 2.24) is 20.9 Å². The van der Waals surface area contributed by atoms with E-state index in [0.29, 0.717) is 45.6 Å². The van der Waals surface area contributed by atoms with Gasteiger partial charge in [-0.1, -0.05) is 74.5 Å². The van der Waals surface area contributed by atoms with Crippen molar-refractivity contribution in [2.24, 2.45) is 5.92 Å². The van der Waals surface area contributed by atoms with Crippen LogP contribution in [0.2, 0.25) is 0 Å². The van der Waals surface area contributed by atoms with Crippen molar-refractivity contribution in [3.05, 3.63) is 71.8 Å². The molecule has 1 heterocycles. The number of benzene rings is 2. The number of nitrogens with one attached hydrogen (secondary N) is 3. The average molecular weight is 567 g/mol. The SMILES string of the molecule is CC(C)C[C@H](NC(=O)[C@@H](CCc1ccccc1)NC(=O)CN1CCOCC1)C(=O)N[C@H](Cc1ccccc1)C(=O)O. The highest BCUT2D eigenvalue weighted by atomic mass is 16.5. The molecule has 0 aromatic heterocycles. The van der Waals surface area contributed by atoms with Gasteiger partial charge in [-0.25, -0.2) is 4.79 Å². The first-order valence-electron chi connectivity index (χ1n) is 14.2. The lowest BCUT2D eigenvalue weighted by atomic mass is 10.00. The summed E-state index contributed by atoms with van der Waals surface area (Å²) in [5, 5.41) is 18.1. The van der Waals surface area contributed by atoms with E-state index in [4.69, 9.17) is 4.74 Å². The van der Waals surface area contributed by atoms with Crippen molar-refractivity contribution in [3.8, 4) is 0 Å². The lowest BCUT2D eigenvalue weighted by Gasteiger charge is -2.28. The Bertz CT molecular complexity index is 1120. The van der Waals surface area contributed by atoms with E-state index < -0.39 is 35.9 Å². The quantitative estimate of drug-likeness (QED) is 0.258. The highest BCUT2D eigenvalue weighted by Crippen LogP contribution is 2.11. The standard InChI is InChI=1S/C31H42N4O6/c1-22(2)19-26(30(38)34-27(31(39)40)20-24-11-7-4-8-12-24)33-29(37)25(14-13-23-9-5-3-6-10-23)32-28(36)21-35-15-17-41-18-16-35/h3-12,22,25-27H,13-21H2,1-2H3,(H,32,36)(H,33,37)(H,34,38)(H,39,40)/t25-,26+,27-/m1/s1. The largest absolute Gasteiger partial charge is 0.480 e. The molecule has 222 valence electrons. The zero-order valence-electron chi connectivity index (χ0n) is 23.9. The van der Waals surface area contributed by atoms with Gasteiger partial charge < -0.3 is 25.8 Å². The fourth-order valence-corrected chi connectivity index (χ4v) is 4.72. The Morgan fingerprint density at radius 2 is 1.37 bits per heavy atom. The Hall–Kier alpha value is -3.76. The van der Waals surface area contributed by atoms with Crippen molar-refractivity contribution in [1.29, 1.82) is 0 Å². The molecular weight excluding hydrogens is 524 g/mol. The first kappa shape index (κ1) is 31.8. The van der Waals surface area contributed by atoms with Crippen molar-refractivity contribution >= 4 is 23.7 Å². The molecule has 0 radical (unpaired) electrons. The van der Waals surface area contributed by atoms with E-state index in [9.17, 15) is 24.3 Å². The lowest BCUT2D eigenvalue weighted by Crippen LogP contribution is -2.57. The molecule has 0 saturated carbocycles. The number of ether oxygens (including phenoxy) is 1. The summed E-state index contributed by atoms with van der Waals surface area (Å²) < 4.78 is 5.35. The molecule has 2 aromatic rings. The Kier molecular flexibility index (Phi) is 12.8. The Morgan fingerprint density at radius 1 is 0.805 bits per heavy atom. The summed E-state index contributed by atoms with van der Waals surface area (Å²) in [7, 11) is 0.